The van der Waals surface area contributed by atoms with Gasteiger partial charge in [-0.1, -0.05) is 78.1 Å². The number of hydrogen-bond acceptors (Lipinski definition) is 11. The van der Waals surface area contributed by atoms with Crippen LogP contribution >= 0.6 is 0 Å². The fourth-order valence-electron chi connectivity index (χ4n) is 3.27. The third-order valence-corrected chi connectivity index (χ3v) is 5.59. The summed E-state index contributed by atoms with van der Waals surface area (Å²) in [6.07, 6.45) is 8.69. The van der Waals surface area contributed by atoms with Crippen molar-refractivity contribution in [2.24, 2.45) is 0 Å². The minimum absolute atomic E-state index is 0.0194. The van der Waals surface area contributed by atoms with E-state index in [1.165, 1.54) is 52.4 Å². The number of carbonyl (C=O) groups excluding carboxylic acids is 4. The van der Waals surface area contributed by atoms with Gasteiger partial charge in [-0.05, 0) is 26.7 Å². The van der Waals surface area contributed by atoms with Gasteiger partial charge in [0.15, 0.2) is 12.2 Å². The van der Waals surface area contributed by atoms with Crippen LogP contribution in [0.4, 0.5) is 9.59 Å². The molecule has 0 aliphatic heterocycles. The van der Waals surface area contributed by atoms with Crippen LogP contribution in [0.2, 0.25) is 0 Å². The molecule has 0 heterocycles. The Hall–Kier alpha value is -2.56. The summed E-state index contributed by atoms with van der Waals surface area (Å²) < 4.78 is 34.8. The lowest BCUT2D eigenvalue weighted by atomic mass is 10.1. The second-order valence-electron chi connectivity index (χ2n) is 9.20. The minimum Gasteiger partial charge on any atom is -0.463 e. The van der Waals surface area contributed by atoms with Gasteiger partial charge in [-0.3, -0.25) is 0 Å². The largest absolute Gasteiger partial charge is 0.509 e. The number of esters is 2. The van der Waals surface area contributed by atoms with Gasteiger partial charge in [0, 0.05) is 0 Å². The molecular weight excluding hydrogens is 512 g/mol. The Morgan fingerprint density at radius 1 is 0.462 bits per heavy atom. The maximum Gasteiger partial charge on any atom is 0.509 e. The molecule has 0 radical (unpaired) electrons. The van der Waals surface area contributed by atoms with Crippen LogP contribution in [0.25, 0.3) is 0 Å². The van der Waals surface area contributed by atoms with Gasteiger partial charge in [-0.25, -0.2) is 19.2 Å². The predicted octanol–water partition coefficient (Wildman–Crippen LogP) is 5.89. The van der Waals surface area contributed by atoms with E-state index in [1.54, 1.807) is 0 Å². The highest BCUT2D eigenvalue weighted by Crippen LogP contribution is 2.07. The van der Waals surface area contributed by atoms with E-state index in [4.69, 9.17) is 33.2 Å². The zero-order valence-corrected chi connectivity index (χ0v) is 24.4. The van der Waals surface area contributed by atoms with Crippen molar-refractivity contribution in [1.82, 2.24) is 0 Å². The monoisotopic (exact) mass is 562 g/mol. The summed E-state index contributed by atoms with van der Waals surface area (Å²) in [6, 6.07) is 0. The van der Waals surface area contributed by atoms with Crippen LogP contribution in [-0.2, 0) is 42.7 Å². The fraction of sp³-hybridized carbons (Fsp3) is 0.857. The van der Waals surface area contributed by atoms with Crippen molar-refractivity contribution >= 4 is 24.2 Å². The molecular formula is C28H50O11. The van der Waals surface area contributed by atoms with Crippen molar-refractivity contribution in [3.05, 3.63) is 0 Å². The molecule has 0 saturated heterocycles. The van der Waals surface area contributed by atoms with Gasteiger partial charge in [-0.2, -0.15) is 0 Å². The first-order valence-corrected chi connectivity index (χ1v) is 14.4. The van der Waals surface area contributed by atoms with E-state index >= 15 is 0 Å². The van der Waals surface area contributed by atoms with E-state index in [0.29, 0.717) is 13.2 Å². The Bertz CT molecular complexity index is 599. The van der Waals surface area contributed by atoms with Crippen molar-refractivity contribution in [1.29, 1.82) is 0 Å². The SMILES string of the molecule is CCCCCCCCOC(=O)[C@H](C)OC(=O)OCCOCCOC(=O)O[C@H](C)C(=O)OCCCCCCCC. The van der Waals surface area contributed by atoms with Crippen molar-refractivity contribution in [3.63, 3.8) is 0 Å². The molecule has 0 aliphatic carbocycles. The molecule has 0 aromatic rings. The Morgan fingerprint density at radius 3 is 1.21 bits per heavy atom. The summed E-state index contributed by atoms with van der Waals surface area (Å²) in [5.41, 5.74) is 0. The lowest BCUT2D eigenvalue weighted by Gasteiger charge is -2.13. The summed E-state index contributed by atoms with van der Waals surface area (Å²) in [4.78, 5) is 47.1. The van der Waals surface area contributed by atoms with Crippen LogP contribution in [0.15, 0.2) is 0 Å². The Balaban J connectivity index is 3.71. The lowest BCUT2D eigenvalue weighted by Crippen LogP contribution is -2.28. The second-order valence-corrected chi connectivity index (χ2v) is 9.20. The average molecular weight is 563 g/mol. The standard InChI is InChI=1S/C28H50O11/c1-5-7-9-11-13-15-17-34-25(29)23(3)38-27(31)36-21-19-33-20-22-37-28(32)39-24(4)26(30)35-18-16-14-12-10-8-6-2/h23-24H,5-22H2,1-4H3/t23-,24+. The normalized spacial score (nSPS) is 12.2. The molecule has 0 aliphatic rings. The van der Waals surface area contributed by atoms with Gasteiger partial charge in [0.25, 0.3) is 0 Å². The first-order chi connectivity index (χ1) is 18.8. The molecule has 0 N–H and O–H groups in total. The van der Waals surface area contributed by atoms with Crippen molar-refractivity contribution in [2.75, 3.05) is 39.6 Å². The van der Waals surface area contributed by atoms with Gasteiger partial charge in [0.1, 0.15) is 13.2 Å². The Morgan fingerprint density at radius 2 is 0.821 bits per heavy atom. The summed E-state index contributed by atoms with van der Waals surface area (Å²) in [5, 5.41) is 0. The lowest BCUT2D eigenvalue weighted by molar-refractivity contribution is -0.154. The first-order valence-electron chi connectivity index (χ1n) is 14.4. The molecule has 11 nitrogen and oxygen atoms in total. The molecule has 228 valence electrons. The minimum atomic E-state index is -1.08. The number of unbranched alkanes of at least 4 members (excludes halogenated alkanes) is 10. The molecule has 39 heavy (non-hydrogen) atoms. The van der Waals surface area contributed by atoms with Crippen molar-refractivity contribution < 1.29 is 52.3 Å². The summed E-state index contributed by atoms with van der Waals surface area (Å²) in [5.74, 6) is -1.25. The van der Waals surface area contributed by atoms with Crippen LogP contribution in [0, 0.1) is 0 Å². The van der Waals surface area contributed by atoms with Crippen LogP contribution < -0.4 is 0 Å². The fourth-order valence-corrected chi connectivity index (χ4v) is 3.27. The second kappa shape index (κ2) is 25.7. The zero-order valence-electron chi connectivity index (χ0n) is 24.4. The third kappa shape index (κ3) is 23.1. The van der Waals surface area contributed by atoms with E-state index in [9.17, 15) is 19.2 Å². The van der Waals surface area contributed by atoms with Gasteiger partial charge in [0.05, 0.1) is 26.4 Å². The molecule has 2 atom stereocenters. The topological polar surface area (TPSA) is 133 Å². The van der Waals surface area contributed by atoms with Crippen LogP contribution in [-0.4, -0.2) is 76.1 Å². The van der Waals surface area contributed by atoms with E-state index in [2.05, 4.69) is 13.8 Å². The summed E-state index contributed by atoms with van der Waals surface area (Å²) >= 11 is 0. The van der Waals surface area contributed by atoms with Crippen LogP contribution in [0.3, 0.4) is 0 Å². The van der Waals surface area contributed by atoms with E-state index < -0.39 is 36.5 Å². The molecule has 0 rings (SSSR count). The van der Waals surface area contributed by atoms with Gasteiger partial charge < -0.3 is 33.2 Å². The summed E-state index contributed by atoms with van der Waals surface area (Å²) in [6.45, 7) is 7.51. The van der Waals surface area contributed by atoms with E-state index in [0.717, 1.165) is 38.5 Å². The summed E-state index contributed by atoms with van der Waals surface area (Å²) in [7, 11) is 0. The molecule has 0 saturated carbocycles. The van der Waals surface area contributed by atoms with Gasteiger partial charge in [-0.15, -0.1) is 0 Å². The molecule has 0 aromatic heterocycles. The smallest absolute Gasteiger partial charge is 0.463 e. The zero-order chi connectivity index (χ0) is 29.1. The molecule has 0 spiro atoms. The maximum absolute atomic E-state index is 11.9. The van der Waals surface area contributed by atoms with Gasteiger partial charge >= 0.3 is 24.2 Å². The first kappa shape index (κ1) is 36.4. The maximum atomic E-state index is 11.9. The molecule has 0 aromatic carbocycles. The number of rotatable bonds is 24. The Kier molecular flexibility index (Phi) is 24.0. The predicted molar refractivity (Wildman–Crippen MR) is 143 cm³/mol. The highest BCUT2D eigenvalue weighted by Gasteiger charge is 2.21. The van der Waals surface area contributed by atoms with Gasteiger partial charge in [0.2, 0.25) is 0 Å². The number of hydrogen-bond donors (Lipinski definition) is 0. The van der Waals surface area contributed by atoms with Crippen LogP contribution in [0.5, 0.6) is 0 Å². The molecule has 0 unspecified atom stereocenters. The number of carbonyl (C=O) groups is 4. The molecule has 11 heteroatoms. The van der Waals surface area contributed by atoms with Crippen molar-refractivity contribution in [2.45, 2.75) is 117 Å². The quantitative estimate of drug-likeness (QED) is 0.0791. The highest BCUT2D eigenvalue weighted by atomic mass is 16.7. The molecule has 0 amide bonds. The van der Waals surface area contributed by atoms with Crippen LogP contribution in [0.1, 0.15) is 105 Å². The Labute approximate surface area is 233 Å². The van der Waals surface area contributed by atoms with E-state index in [-0.39, 0.29) is 26.4 Å². The third-order valence-electron chi connectivity index (χ3n) is 5.59. The number of ether oxygens (including phenoxy) is 7. The molecule has 0 fully saturated rings. The molecule has 0 bridgehead atoms. The van der Waals surface area contributed by atoms with Crippen molar-refractivity contribution in [3.8, 4) is 0 Å². The van der Waals surface area contributed by atoms with E-state index in [1.807, 2.05) is 0 Å². The highest BCUT2D eigenvalue weighted by molar-refractivity contribution is 5.77. The average Bonchev–Trinajstić information content (AvgIpc) is 2.91.